The van der Waals surface area contributed by atoms with Crippen molar-refractivity contribution in [2.45, 2.75) is 29.6 Å². The number of hydrogen-bond donors (Lipinski definition) is 1. The Hall–Kier alpha value is -1.43. The average Bonchev–Trinajstić information content (AvgIpc) is 2.16. The standard InChI is InChI=1S/C12H13FO4S/c1-18(16,17)9-5-2-4-8(10(9)13)12(11(14)15)6-3-7-12/h2,4-5H,3,6-7H2,1H3,(H,14,15). The Morgan fingerprint density at radius 3 is 2.39 bits per heavy atom. The Balaban J connectivity index is 2.64. The van der Waals surface area contributed by atoms with Crippen LogP contribution in [0.1, 0.15) is 24.8 Å². The van der Waals surface area contributed by atoms with Crippen molar-refractivity contribution in [3.63, 3.8) is 0 Å². The van der Waals surface area contributed by atoms with Gasteiger partial charge in [-0.15, -0.1) is 0 Å². The van der Waals surface area contributed by atoms with E-state index in [1.54, 1.807) is 0 Å². The lowest BCUT2D eigenvalue weighted by atomic mass is 9.64. The molecule has 0 amide bonds. The van der Waals surface area contributed by atoms with E-state index in [1.807, 2.05) is 0 Å². The molecule has 1 fully saturated rings. The Labute approximate surface area is 104 Å². The van der Waals surface area contributed by atoms with Crippen LogP contribution in [0.4, 0.5) is 4.39 Å². The fourth-order valence-electron chi connectivity index (χ4n) is 2.30. The number of benzene rings is 1. The summed E-state index contributed by atoms with van der Waals surface area (Å²) in [6, 6.07) is 3.90. The van der Waals surface area contributed by atoms with E-state index in [1.165, 1.54) is 12.1 Å². The maximum atomic E-state index is 14.2. The molecule has 98 valence electrons. The van der Waals surface area contributed by atoms with Crippen molar-refractivity contribution >= 4 is 15.8 Å². The summed E-state index contributed by atoms with van der Waals surface area (Å²) in [6.45, 7) is 0. The van der Waals surface area contributed by atoms with Crippen LogP contribution in [0.15, 0.2) is 23.1 Å². The van der Waals surface area contributed by atoms with E-state index >= 15 is 0 Å². The maximum Gasteiger partial charge on any atom is 0.314 e. The summed E-state index contributed by atoms with van der Waals surface area (Å²) in [5.41, 5.74) is -1.28. The van der Waals surface area contributed by atoms with Gasteiger partial charge in [-0.3, -0.25) is 4.79 Å². The monoisotopic (exact) mass is 272 g/mol. The van der Waals surface area contributed by atoms with Gasteiger partial charge in [0.05, 0.1) is 5.41 Å². The van der Waals surface area contributed by atoms with Crippen LogP contribution < -0.4 is 0 Å². The molecule has 1 saturated carbocycles. The molecule has 6 heteroatoms. The van der Waals surface area contributed by atoms with E-state index in [4.69, 9.17) is 0 Å². The zero-order chi connectivity index (χ0) is 13.6. The first-order valence-corrected chi connectivity index (χ1v) is 7.40. The van der Waals surface area contributed by atoms with Crippen LogP contribution in [0.25, 0.3) is 0 Å². The summed E-state index contributed by atoms with van der Waals surface area (Å²) in [5, 5.41) is 9.24. The highest BCUT2D eigenvalue weighted by Crippen LogP contribution is 2.45. The van der Waals surface area contributed by atoms with Crippen LogP contribution in [-0.4, -0.2) is 25.7 Å². The van der Waals surface area contributed by atoms with Gasteiger partial charge in [-0.2, -0.15) is 0 Å². The molecule has 0 spiro atoms. The van der Waals surface area contributed by atoms with Crippen molar-refractivity contribution in [1.82, 2.24) is 0 Å². The first kappa shape index (κ1) is 13.0. The van der Waals surface area contributed by atoms with Gasteiger partial charge in [-0.1, -0.05) is 18.6 Å². The molecule has 1 aliphatic rings. The molecule has 0 atom stereocenters. The maximum absolute atomic E-state index is 14.2. The minimum atomic E-state index is -3.69. The van der Waals surface area contributed by atoms with E-state index in [2.05, 4.69) is 0 Å². The van der Waals surface area contributed by atoms with Crippen molar-refractivity contribution in [1.29, 1.82) is 0 Å². The van der Waals surface area contributed by atoms with Gasteiger partial charge in [-0.05, 0) is 18.9 Å². The van der Waals surface area contributed by atoms with Gasteiger partial charge in [-0.25, -0.2) is 12.8 Å². The van der Waals surface area contributed by atoms with Crippen LogP contribution in [0.5, 0.6) is 0 Å². The lowest BCUT2D eigenvalue weighted by molar-refractivity contribution is -0.147. The van der Waals surface area contributed by atoms with Crippen LogP contribution in [0.2, 0.25) is 0 Å². The first-order chi connectivity index (χ1) is 8.29. The molecule has 1 aromatic carbocycles. The molecule has 1 aliphatic carbocycles. The zero-order valence-electron chi connectivity index (χ0n) is 9.81. The number of carboxylic acid groups (broad SMARTS) is 1. The van der Waals surface area contributed by atoms with E-state index in [9.17, 15) is 22.7 Å². The van der Waals surface area contributed by atoms with Crippen molar-refractivity contribution in [3.8, 4) is 0 Å². The third-order valence-electron chi connectivity index (χ3n) is 3.49. The second kappa shape index (κ2) is 4.05. The Kier molecular flexibility index (Phi) is 2.93. The zero-order valence-corrected chi connectivity index (χ0v) is 10.6. The molecule has 0 radical (unpaired) electrons. The molecule has 0 saturated heterocycles. The van der Waals surface area contributed by atoms with Gasteiger partial charge in [0.1, 0.15) is 10.7 Å². The van der Waals surface area contributed by atoms with Gasteiger partial charge in [0.15, 0.2) is 9.84 Å². The van der Waals surface area contributed by atoms with Crippen LogP contribution in [0.3, 0.4) is 0 Å². The molecule has 0 aromatic heterocycles. The second-order valence-corrected chi connectivity index (χ2v) is 6.61. The summed E-state index contributed by atoms with van der Waals surface area (Å²) in [6.07, 6.45) is 2.29. The normalized spacial score (nSPS) is 18.1. The molecule has 4 nitrogen and oxygen atoms in total. The number of hydrogen-bond acceptors (Lipinski definition) is 3. The van der Waals surface area contributed by atoms with Crippen LogP contribution >= 0.6 is 0 Å². The highest BCUT2D eigenvalue weighted by molar-refractivity contribution is 7.90. The van der Waals surface area contributed by atoms with E-state index in [0.717, 1.165) is 12.3 Å². The predicted molar refractivity (Wildman–Crippen MR) is 62.7 cm³/mol. The first-order valence-electron chi connectivity index (χ1n) is 5.51. The van der Waals surface area contributed by atoms with Gasteiger partial charge < -0.3 is 5.11 Å². The van der Waals surface area contributed by atoms with Gasteiger partial charge >= 0.3 is 5.97 Å². The highest BCUT2D eigenvalue weighted by Gasteiger charge is 2.48. The average molecular weight is 272 g/mol. The summed E-state index contributed by atoms with van der Waals surface area (Å²) in [5.74, 6) is -2.03. The largest absolute Gasteiger partial charge is 0.481 e. The van der Waals surface area contributed by atoms with E-state index < -0.39 is 31.9 Å². The molecule has 0 heterocycles. The van der Waals surface area contributed by atoms with Crippen LogP contribution in [-0.2, 0) is 20.0 Å². The van der Waals surface area contributed by atoms with Crippen molar-refractivity contribution in [2.24, 2.45) is 0 Å². The molecule has 1 aromatic rings. The second-order valence-electron chi connectivity index (χ2n) is 4.63. The fourth-order valence-corrected chi connectivity index (χ4v) is 3.06. The summed E-state index contributed by atoms with van der Waals surface area (Å²) in [7, 11) is -3.69. The number of carbonyl (C=O) groups is 1. The SMILES string of the molecule is CS(=O)(=O)c1cccc(C2(C(=O)O)CCC2)c1F. The molecule has 2 rings (SSSR count). The van der Waals surface area contributed by atoms with Gasteiger partial charge in [0.2, 0.25) is 0 Å². The minimum absolute atomic E-state index is 0.0239. The van der Waals surface area contributed by atoms with Crippen LogP contribution in [0, 0.1) is 5.82 Å². The highest BCUT2D eigenvalue weighted by atomic mass is 32.2. The molecule has 0 aliphatic heterocycles. The van der Waals surface area contributed by atoms with Crippen molar-refractivity contribution in [2.75, 3.05) is 6.26 Å². The van der Waals surface area contributed by atoms with E-state index in [-0.39, 0.29) is 5.56 Å². The van der Waals surface area contributed by atoms with Gasteiger partial charge in [0, 0.05) is 11.8 Å². The molecular weight excluding hydrogens is 259 g/mol. The summed E-state index contributed by atoms with van der Waals surface area (Å²) >= 11 is 0. The Morgan fingerprint density at radius 1 is 1.39 bits per heavy atom. The molecule has 0 bridgehead atoms. The topological polar surface area (TPSA) is 71.4 Å². The molecular formula is C12H13FO4S. The number of rotatable bonds is 3. The third kappa shape index (κ3) is 1.80. The minimum Gasteiger partial charge on any atom is -0.481 e. The third-order valence-corrected chi connectivity index (χ3v) is 4.61. The number of aliphatic carboxylic acids is 1. The predicted octanol–water partition coefficient (Wildman–Crippen LogP) is 1.74. The summed E-state index contributed by atoms with van der Waals surface area (Å²) in [4.78, 5) is 10.9. The molecule has 18 heavy (non-hydrogen) atoms. The van der Waals surface area contributed by atoms with E-state index in [0.29, 0.717) is 19.3 Å². The number of carboxylic acids is 1. The molecule has 1 N–H and O–H groups in total. The molecule has 0 unspecified atom stereocenters. The quantitative estimate of drug-likeness (QED) is 0.909. The lowest BCUT2D eigenvalue weighted by Gasteiger charge is -2.38. The smallest absolute Gasteiger partial charge is 0.314 e. The van der Waals surface area contributed by atoms with Gasteiger partial charge in [0.25, 0.3) is 0 Å². The summed E-state index contributed by atoms with van der Waals surface area (Å²) < 4.78 is 37.0. The Morgan fingerprint density at radius 2 is 2.00 bits per heavy atom. The Bertz CT molecular complexity index is 603. The number of halogens is 1. The fraction of sp³-hybridized carbons (Fsp3) is 0.417. The number of sulfone groups is 1. The van der Waals surface area contributed by atoms with Crippen molar-refractivity contribution in [3.05, 3.63) is 29.6 Å². The van der Waals surface area contributed by atoms with Crippen molar-refractivity contribution < 1.29 is 22.7 Å². The lowest BCUT2D eigenvalue weighted by Crippen LogP contribution is -2.43.